The fourth-order valence-corrected chi connectivity index (χ4v) is 4.05. The molecule has 2 heterocycles. The van der Waals surface area contributed by atoms with E-state index in [0.717, 1.165) is 34.6 Å². The van der Waals surface area contributed by atoms with E-state index in [9.17, 15) is 19.2 Å². The SMILES string of the molecule is CCCc1ccc(C2(C)NC(=O)N(CC(=O)Nc3sccc3C(N)=O)C2=O)cc1. The Labute approximate surface area is 172 Å². The molecule has 4 N–H and O–H groups in total. The number of amides is 5. The molecule has 0 spiro atoms. The van der Waals surface area contributed by atoms with Gasteiger partial charge in [0.1, 0.15) is 17.1 Å². The minimum absolute atomic E-state index is 0.178. The van der Waals surface area contributed by atoms with Crippen LogP contribution in [0.2, 0.25) is 0 Å². The average Bonchev–Trinajstić information content (AvgIpc) is 3.21. The molecule has 1 atom stereocenters. The molecule has 0 saturated carbocycles. The number of urea groups is 1. The van der Waals surface area contributed by atoms with Crippen molar-refractivity contribution in [3.63, 3.8) is 0 Å². The molecule has 1 fully saturated rings. The highest BCUT2D eigenvalue weighted by Crippen LogP contribution is 2.29. The van der Waals surface area contributed by atoms with Crippen LogP contribution in [-0.4, -0.2) is 35.2 Å². The Hall–Kier alpha value is -3.20. The average molecular weight is 414 g/mol. The quantitative estimate of drug-likeness (QED) is 0.601. The van der Waals surface area contributed by atoms with Gasteiger partial charge in [-0.2, -0.15) is 0 Å². The zero-order valence-electron chi connectivity index (χ0n) is 16.2. The standard InChI is InChI=1S/C20H22N4O4S/c1-3-4-12-5-7-13(8-6-12)20(2)18(27)24(19(28)23-20)11-15(25)22-17-14(16(21)26)9-10-29-17/h5-10H,3-4,11H2,1-2H3,(H2,21,26)(H,22,25)(H,23,28). The number of thiophene rings is 1. The fraction of sp³-hybridized carbons (Fsp3) is 0.300. The van der Waals surface area contributed by atoms with Crippen LogP contribution >= 0.6 is 11.3 Å². The second kappa shape index (κ2) is 8.04. The number of nitrogens with one attached hydrogen (secondary N) is 2. The molecule has 1 aliphatic rings. The molecule has 1 aromatic carbocycles. The highest BCUT2D eigenvalue weighted by Gasteiger charge is 2.49. The maximum atomic E-state index is 13.0. The van der Waals surface area contributed by atoms with Gasteiger partial charge in [0.25, 0.3) is 11.8 Å². The number of hydrogen-bond acceptors (Lipinski definition) is 5. The fourth-order valence-electron chi connectivity index (χ4n) is 3.24. The lowest BCUT2D eigenvalue weighted by atomic mass is 9.91. The lowest BCUT2D eigenvalue weighted by molar-refractivity contribution is -0.133. The van der Waals surface area contributed by atoms with Gasteiger partial charge in [0, 0.05) is 0 Å². The van der Waals surface area contributed by atoms with Gasteiger partial charge in [-0.15, -0.1) is 11.3 Å². The third-order valence-electron chi connectivity index (χ3n) is 4.83. The first kappa shape index (κ1) is 20.5. The summed E-state index contributed by atoms with van der Waals surface area (Å²) in [6.45, 7) is 3.23. The molecule has 1 aliphatic heterocycles. The number of rotatable bonds is 7. The largest absolute Gasteiger partial charge is 0.366 e. The number of anilines is 1. The maximum absolute atomic E-state index is 13.0. The third-order valence-corrected chi connectivity index (χ3v) is 5.66. The van der Waals surface area contributed by atoms with E-state index in [-0.39, 0.29) is 10.6 Å². The van der Waals surface area contributed by atoms with E-state index in [1.807, 2.05) is 24.3 Å². The van der Waals surface area contributed by atoms with Crippen LogP contribution in [0.25, 0.3) is 0 Å². The summed E-state index contributed by atoms with van der Waals surface area (Å²) in [5.41, 5.74) is 5.98. The van der Waals surface area contributed by atoms with Gasteiger partial charge in [-0.05, 0) is 35.9 Å². The van der Waals surface area contributed by atoms with E-state index in [0.29, 0.717) is 5.56 Å². The van der Waals surface area contributed by atoms with Crippen molar-refractivity contribution < 1.29 is 19.2 Å². The highest BCUT2D eigenvalue weighted by molar-refractivity contribution is 7.14. The first-order valence-corrected chi connectivity index (χ1v) is 10.0. The Bertz CT molecular complexity index is 969. The molecule has 5 amide bonds. The van der Waals surface area contributed by atoms with Crippen molar-refractivity contribution in [3.05, 3.63) is 52.4 Å². The van der Waals surface area contributed by atoms with Crippen LogP contribution in [0, 0.1) is 0 Å². The summed E-state index contributed by atoms with van der Waals surface area (Å²) in [4.78, 5) is 50.0. The van der Waals surface area contributed by atoms with Gasteiger partial charge in [-0.25, -0.2) is 4.79 Å². The molecule has 3 rings (SSSR count). The van der Waals surface area contributed by atoms with Crippen molar-refractivity contribution in [2.45, 2.75) is 32.2 Å². The first-order chi connectivity index (χ1) is 13.8. The van der Waals surface area contributed by atoms with Crippen LogP contribution < -0.4 is 16.4 Å². The zero-order valence-corrected chi connectivity index (χ0v) is 17.0. The minimum atomic E-state index is -1.25. The summed E-state index contributed by atoms with van der Waals surface area (Å²) in [5, 5.41) is 7.11. The molecule has 9 heteroatoms. The number of benzene rings is 1. The molecule has 8 nitrogen and oxygen atoms in total. The molecule has 29 heavy (non-hydrogen) atoms. The van der Waals surface area contributed by atoms with E-state index in [4.69, 9.17) is 5.73 Å². The summed E-state index contributed by atoms with van der Waals surface area (Å²) in [5.74, 6) is -1.78. The predicted molar refractivity (Wildman–Crippen MR) is 110 cm³/mol. The van der Waals surface area contributed by atoms with Gasteiger partial charge in [-0.1, -0.05) is 37.6 Å². The summed E-state index contributed by atoms with van der Waals surface area (Å²) in [7, 11) is 0. The monoisotopic (exact) mass is 414 g/mol. The summed E-state index contributed by atoms with van der Waals surface area (Å²) in [6, 6.07) is 8.35. The number of hydrogen-bond donors (Lipinski definition) is 3. The molecule has 0 bridgehead atoms. The predicted octanol–water partition coefficient (Wildman–Crippen LogP) is 2.21. The number of carbonyl (C=O) groups excluding carboxylic acids is 4. The Morgan fingerprint density at radius 3 is 2.52 bits per heavy atom. The number of nitrogens with zero attached hydrogens (tertiary/aromatic N) is 1. The third kappa shape index (κ3) is 4.00. The van der Waals surface area contributed by atoms with Crippen LogP contribution in [0.5, 0.6) is 0 Å². The van der Waals surface area contributed by atoms with Crippen molar-refractivity contribution in [2.24, 2.45) is 5.73 Å². The second-order valence-corrected chi connectivity index (χ2v) is 7.89. The lowest BCUT2D eigenvalue weighted by Gasteiger charge is -2.22. The molecule has 0 aliphatic carbocycles. The molecule has 152 valence electrons. The molecule has 0 radical (unpaired) electrons. The van der Waals surface area contributed by atoms with Crippen molar-refractivity contribution in [1.29, 1.82) is 0 Å². The number of nitrogens with two attached hydrogens (primary N) is 1. The first-order valence-electron chi connectivity index (χ1n) is 9.17. The van der Waals surface area contributed by atoms with E-state index in [2.05, 4.69) is 17.6 Å². The zero-order chi connectivity index (χ0) is 21.2. The number of imide groups is 1. The van der Waals surface area contributed by atoms with E-state index in [1.165, 1.54) is 6.07 Å². The minimum Gasteiger partial charge on any atom is -0.366 e. The van der Waals surface area contributed by atoms with Gasteiger partial charge >= 0.3 is 6.03 Å². The van der Waals surface area contributed by atoms with Gasteiger partial charge in [0.2, 0.25) is 5.91 Å². The van der Waals surface area contributed by atoms with E-state index >= 15 is 0 Å². The molecule has 1 unspecified atom stereocenters. The van der Waals surface area contributed by atoms with Gasteiger partial charge in [0.15, 0.2) is 0 Å². The van der Waals surface area contributed by atoms with Crippen LogP contribution in [-0.2, 0) is 21.5 Å². The molecular weight excluding hydrogens is 392 g/mol. The number of carbonyl (C=O) groups is 4. The van der Waals surface area contributed by atoms with Crippen LogP contribution in [0.15, 0.2) is 35.7 Å². The Morgan fingerprint density at radius 1 is 1.21 bits per heavy atom. The smallest absolute Gasteiger partial charge is 0.325 e. The molecule has 2 aromatic rings. The Balaban J connectivity index is 1.73. The van der Waals surface area contributed by atoms with E-state index in [1.54, 1.807) is 12.3 Å². The lowest BCUT2D eigenvalue weighted by Crippen LogP contribution is -2.42. The summed E-state index contributed by atoms with van der Waals surface area (Å²) >= 11 is 1.13. The van der Waals surface area contributed by atoms with Crippen molar-refractivity contribution in [1.82, 2.24) is 10.2 Å². The van der Waals surface area contributed by atoms with Crippen molar-refractivity contribution in [2.75, 3.05) is 11.9 Å². The van der Waals surface area contributed by atoms with Crippen molar-refractivity contribution in [3.8, 4) is 0 Å². The highest BCUT2D eigenvalue weighted by atomic mass is 32.1. The Kier molecular flexibility index (Phi) is 5.69. The molecular formula is C20H22N4O4S. The Morgan fingerprint density at radius 2 is 1.90 bits per heavy atom. The number of primary amides is 1. The van der Waals surface area contributed by atoms with Crippen LogP contribution in [0.3, 0.4) is 0 Å². The summed E-state index contributed by atoms with van der Waals surface area (Å²) < 4.78 is 0. The second-order valence-electron chi connectivity index (χ2n) is 6.97. The normalized spacial score (nSPS) is 18.6. The van der Waals surface area contributed by atoms with Crippen LogP contribution in [0.1, 0.15) is 41.8 Å². The topological polar surface area (TPSA) is 122 Å². The van der Waals surface area contributed by atoms with Gasteiger partial charge in [0.05, 0.1) is 5.56 Å². The summed E-state index contributed by atoms with van der Waals surface area (Å²) in [6.07, 6.45) is 1.94. The maximum Gasteiger partial charge on any atom is 0.325 e. The van der Waals surface area contributed by atoms with Crippen LogP contribution in [0.4, 0.5) is 9.80 Å². The van der Waals surface area contributed by atoms with Gasteiger partial charge < -0.3 is 16.4 Å². The molecule has 1 saturated heterocycles. The van der Waals surface area contributed by atoms with Gasteiger partial charge in [-0.3, -0.25) is 19.3 Å². The van der Waals surface area contributed by atoms with E-state index < -0.39 is 35.8 Å². The van der Waals surface area contributed by atoms with Crippen molar-refractivity contribution >= 4 is 40.1 Å². The molecule has 1 aromatic heterocycles. The number of aryl methyl sites for hydroxylation is 1.